The lowest BCUT2D eigenvalue weighted by Crippen LogP contribution is -2.69. The van der Waals surface area contributed by atoms with Crippen molar-refractivity contribution in [3.05, 3.63) is 35.9 Å². The molecule has 0 radical (unpaired) electrons. The van der Waals surface area contributed by atoms with Gasteiger partial charge in [-0.05, 0) is 38.4 Å². The van der Waals surface area contributed by atoms with Crippen LogP contribution in [-0.2, 0) is 10.3 Å². The zero-order chi connectivity index (χ0) is 16.9. The molecule has 1 aromatic carbocycles. The summed E-state index contributed by atoms with van der Waals surface area (Å²) in [6.45, 7) is 0.718. The van der Waals surface area contributed by atoms with E-state index in [1.807, 2.05) is 23.1 Å². The Morgan fingerprint density at radius 3 is 2.38 bits per heavy atom. The predicted molar refractivity (Wildman–Crippen MR) is 91.4 cm³/mol. The molecule has 1 aromatic rings. The van der Waals surface area contributed by atoms with Gasteiger partial charge in [-0.1, -0.05) is 36.8 Å². The van der Waals surface area contributed by atoms with E-state index < -0.39 is 5.54 Å². The van der Waals surface area contributed by atoms with Gasteiger partial charge in [0.1, 0.15) is 5.54 Å². The van der Waals surface area contributed by atoms with E-state index in [0.29, 0.717) is 18.8 Å². The fourth-order valence-electron chi connectivity index (χ4n) is 4.58. The van der Waals surface area contributed by atoms with Crippen LogP contribution in [0.2, 0.25) is 0 Å². The first-order chi connectivity index (χ1) is 11.5. The van der Waals surface area contributed by atoms with Crippen molar-refractivity contribution >= 4 is 11.9 Å². The van der Waals surface area contributed by atoms with E-state index in [2.05, 4.69) is 36.4 Å². The van der Waals surface area contributed by atoms with Crippen LogP contribution < -0.4 is 5.32 Å². The fourth-order valence-corrected chi connectivity index (χ4v) is 4.58. The molecule has 0 unspecified atom stereocenters. The van der Waals surface area contributed by atoms with Crippen LogP contribution in [0.25, 0.3) is 0 Å². The minimum absolute atomic E-state index is 0.111. The number of nitrogens with one attached hydrogen (secondary N) is 1. The zero-order valence-electron chi connectivity index (χ0n) is 14.4. The minimum Gasteiger partial charge on any atom is -0.309 e. The number of amides is 3. The number of benzene rings is 1. The van der Waals surface area contributed by atoms with Gasteiger partial charge in [-0.15, -0.1) is 0 Å². The Bertz CT molecular complexity index is 660. The van der Waals surface area contributed by atoms with E-state index in [0.717, 1.165) is 6.54 Å². The monoisotopic (exact) mass is 327 g/mol. The predicted octanol–water partition coefficient (Wildman–Crippen LogP) is 2.33. The van der Waals surface area contributed by atoms with Crippen molar-refractivity contribution in [1.29, 1.82) is 0 Å². The van der Waals surface area contributed by atoms with Gasteiger partial charge in [0, 0.05) is 19.4 Å². The summed E-state index contributed by atoms with van der Waals surface area (Å²) < 4.78 is 0. The Morgan fingerprint density at radius 2 is 1.83 bits per heavy atom. The average Bonchev–Trinajstić information content (AvgIpc) is 2.71. The third-order valence-corrected chi connectivity index (χ3v) is 6.41. The van der Waals surface area contributed by atoms with Crippen LogP contribution in [0.1, 0.15) is 37.7 Å². The molecule has 128 valence electrons. The molecule has 0 bridgehead atoms. The standard InChI is InChI=1S/C19H25N3O2/c1-21(2)18(15-9-4-3-5-10-15)12-19(13-18)16(23)20-17(24)22(19)11-14-7-6-8-14/h3-5,9-10,14H,6-8,11-13H2,1-2H3,(H,20,23,24)/t18-,19-. The number of carbonyl (C=O) groups is 2. The summed E-state index contributed by atoms with van der Waals surface area (Å²) in [4.78, 5) is 29.0. The Morgan fingerprint density at radius 1 is 1.17 bits per heavy atom. The van der Waals surface area contributed by atoms with Crippen LogP contribution in [-0.4, -0.2) is 47.9 Å². The van der Waals surface area contributed by atoms with Gasteiger partial charge in [0.15, 0.2) is 0 Å². The van der Waals surface area contributed by atoms with Crippen molar-refractivity contribution in [2.75, 3.05) is 20.6 Å². The van der Waals surface area contributed by atoms with Gasteiger partial charge >= 0.3 is 6.03 Å². The van der Waals surface area contributed by atoms with Crippen LogP contribution in [0, 0.1) is 5.92 Å². The second-order valence-electron chi connectivity index (χ2n) is 7.84. The number of imide groups is 1. The minimum atomic E-state index is -0.660. The first kappa shape index (κ1) is 15.6. The maximum atomic E-state index is 12.6. The fraction of sp³-hybridized carbons (Fsp3) is 0.579. The van der Waals surface area contributed by atoms with Crippen molar-refractivity contribution in [2.45, 2.75) is 43.2 Å². The zero-order valence-corrected chi connectivity index (χ0v) is 14.4. The third-order valence-electron chi connectivity index (χ3n) is 6.41. The van der Waals surface area contributed by atoms with Gasteiger partial charge in [-0.25, -0.2) is 4.79 Å². The topological polar surface area (TPSA) is 52.7 Å². The summed E-state index contributed by atoms with van der Waals surface area (Å²) in [6, 6.07) is 10.1. The van der Waals surface area contributed by atoms with Gasteiger partial charge in [-0.2, -0.15) is 0 Å². The second kappa shape index (κ2) is 5.31. The number of nitrogens with zero attached hydrogens (tertiary/aromatic N) is 2. The van der Waals surface area contributed by atoms with Gasteiger partial charge in [-0.3, -0.25) is 15.0 Å². The summed E-state index contributed by atoms with van der Waals surface area (Å²) >= 11 is 0. The Kier molecular flexibility index (Phi) is 3.46. The number of hydrogen-bond acceptors (Lipinski definition) is 3. The third kappa shape index (κ3) is 2.04. The summed E-state index contributed by atoms with van der Waals surface area (Å²) in [5.74, 6) is 0.449. The molecule has 1 aliphatic heterocycles. The quantitative estimate of drug-likeness (QED) is 0.864. The maximum absolute atomic E-state index is 12.6. The van der Waals surface area contributed by atoms with Crippen LogP contribution >= 0.6 is 0 Å². The molecule has 24 heavy (non-hydrogen) atoms. The normalized spacial score (nSPS) is 32.9. The molecule has 1 N–H and O–H groups in total. The van der Waals surface area contributed by atoms with E-state index in [1.54, 1.807) is 0 Å². The number of hydrogen-bond donors (Lipinski definition) is 1. The van der Waals surface area contributed by atoms with Gasteiger partial charge in [0.05, 0.1) is 5.54 Å². The molecule has 3 aliphatic rings. The summed E-state index contributed by atoms with van der Waals surface area (Å²) in [6.07, 6.45) is 4.92. The molecule has 0 aromatic heterocycles. The van der Waals surface area contributed by atoms with Crippen molar-refractivity contribution < 1.29 is 9.59 Å². The molecular formula is C19H25N3O2. The Hall–Kier alpha value is -1.88. The number of urea groups is 1. The molecule has 2 saturated carbocycles. The van der Waals surface area contributed by atoms with Crippen molar-refractivity contribution in [3.63, 3.8) is 0 Å². The molecule has 0 atom stereocenters. The molecule has 3 fully saturated rings. The van der Waals surface area contributed by atoms with Gasteiger partial charge in [0.25, 0.3) is 5.91 Å². The first-order valence-electron chi connectivity index (χ1n) is 8.84. The van der Waals surface area contributed by atoms with Crippen molar-refractivity contribution in [3.8, 4) is 0 Å². The van der Waals surface area contributed by atoms with Gasteiger partial charge in [0.2, 0.25) is 0 Å². The molecule has 1 heterocycles. The SMILES string of the molecule is CN(C)[C@]1(c2ccccc2)C[C@@]2(C1)C(=O)NC(=O)N2CC1CCC1. The molecule has 1 spiro atoms. The lowest BCUT2D eigenvalue weighted by molar-refractivity contribution is -0.144. The Balaban J connectivity index is 1.64. The largest absolute Gasteiger partial charge is 0.325 e. The van der Waals surface area contributed by atoms with E-state index in [1.165, 1.54) is 24.8 Å². The highest BCUT2D eigenvalue weighted by Gasteiger charge is 2.67. The number of rotatable bonds is 4. The van der Waals surface area contributed by atoms with E-state index >= 15 is 0 Å². The Labute approximate surface area is 143 Å². The highest BCUT2D eigenvalue weighted by atomic mass is 16.2. The van der Waals surface area contributed by atoms with E-state index in [4.69, 9.17) is 0 Å². The molecule has 4 rings (SSSR count). The van der Waals surface area contributed by atoms with Crippen LogP contribution in [0.5, 0.6) is 0 Å². The highest BCUT2D eigenvalue weighted by Crippen LogP contribution is 2.56. The lowest BCUT2D eigenvalue weighted by Gasteiger charge is -2.59. The average molecular weight is 327 g/mol. The summed E-state index contributed by atoms with van der Waals surface area (Å²) in [7, 11) is 4.12. The van der Waals surface area contributed by atoms with E-state index in [-0.39, 0.29) is 17.5 Å². The molecule has 2 aliphatic carbocycles. The van der Waals surface area contributed by atoms with Crippen LogP contribution in [0.15, 0.2) is 30.3 Å². The summed E-state index contributed by atoms with van der Waals surface area (Å²) in [5, 5.41) is 2.57. The number of carbonyl (C=O) groups excluding carboxylic acids is 2. The smallest absolute Gasteiger partial charge is 0.309 e. The molecule has 5 nitrogen and oxygen atoms in total. The van der Waals surface area contributed by atoms with Crippen molar-refractivity contribution in [2.24, 2.45) is 5.92 Å². The lowest BCUT2D eigenvalue weighted by atomic mass is 9.58. The first-order valence-corrected chi connectivity index (χ1v) is 8.84. The highest BCUT2D eigenvalue weighted by molar-refractivity contribution is 6.08. The van der Waals surface area contributed by atoms with Gasteiger partial charge < -0.3 is 4.90 Å². The molecule has 3 amide bonds. The molecular weight excluding hydrogens is 302 g/mol. The molecule has 1 saturated heterocycles. The van der Waals surface area contributed by atoms with Crippen LogP contribution in [0.4, 0.5) is 4.79 Å². The maximum Gasteiger partial charge on any atom is 0.325 e. The summed E-state index contributed by atoms with van der Waals surface area (Å²) in [5.41, 5.74) is 0.379. The van der Waals surface area contributed by atoms with Crippen molar-refractivity contribution in [1.82, 2.24) is 15.1 Å². The second-order valence-corrected chi connectivity index (χ2v) is 7.84. The molecule has 5 heteroatoms. The van der Waals surface area contributed by atoms with Crippen LogP contribution in [0.3, 0.4) is 0 Å². The van der Waals surface area contributed by atoms with E-state index in [9.17, 15) is 9.59 Å².